The molecule has 0 unspecified atom stereocenters. The van der Waals surface area contributed by atoms with Crippen molar-refractivity contribution in [2.45, 2.75) is 45.3 Å². The average molecular weight is 328 g/mol. The lowest BCUT2D eigenvalue weighted by molar-refractivity contribution is -0.122. The Morgan fingerprint density at radius 3 is 2.96 bits per heavy atom. The van der Waals surface area contributed by atoms with Crippen LogP contribution in [0.2, 0.25) is 0 Å². The van der Waals surface area contributed by atoms with E-state index in [0.29, 0.717) is 19.4 Å². The summed E-state index contributed by atoms with van der Waals surface area (Å²) in [4.78, 5) is 16.4. The van der Waals surface area contributed by atoms with E-state index < -0.39 is 0 Å². The second-order valence-electron chi connectivity index (χ2n) is 6.32. The molecule has 0 bridgehead atoms. The van der Waals surface area contributed by atoms with Gasteiger partial charge in [-0.25, -0.2) is 0 Å². The molecule has 1 amide bonds. The van der Waals surface area contributed by atoms with Gasteiger partial charge in [0, 0.05) is 43.7 Å². The van der Waals surface area contributed by atoms with E-state index in [1.165, 1.54) is 0 Å². The van der Waals surface area contributed by atoms with Gasteiger partial charge in [-0.05, 0) is 38.3 Å². The highest BCUT2D eigenvalue weighted by Gasteiger charge is 2.34. The molecule has 6 heteroatoms. The van der Waals surface area contributed by atoms with Crippen LogP contribution in [0.1, 0.15) is 41.5 Å². The molecule has 0 radical (unpaired) electrons. The zero-order chi connectivity index (χ0) is 17.1. The Bertz CT molecular complexity index is 711. The van der Waals surface area contributed by atoms with E-state index in [9.17, 15) is 4.79 Å². The van der Waals surface area contributed by atoms with Crippen LogP contribution in [0.3, 0.4) is 0 Å². The first-order valence-electron chi connectivity index (χ1n) is 8.36. The molecule has 3 heterocycles. The van der Waals surface area contributed by atoms with Gasteiger partial charge in [0.2, 0.25) is 5.91 Å². The Labute approximate surface area is 142 Å². The number of hydrogen-bond donors (Lipinski definition) is 1. The van der Waals surface area contributed by atoms with Gasteiger partial charge in [-0.3, -0.25) is 14.5 Å². The van der Waals surface area contributed by atoms with Gasteiger partial charge in [-0.15, -0.1) is 0 Å². The summed E-state index contributed by atoms with van der Waals surface area (Å²) >= 11 is 0. The standard InChI is InChI=1S/C18H24N4O2/c1-12-17(13(2)22(3)21-12)18-15(8-10-24-18)20-16(23)7-6-14-5-4-9-19-11-14/h4-5,9,11,15,18H,6-8,10H2,1-3H3,(H,20,23)/t15-,18-/m0/s1. The van der Waals surface area contributed by atoms with Crippen molar-refractivity contribution in [1.82, 2.24) is 20.1 Å². The Morgan fingerprint density at radius 2 is 2.29 bits per heavy atom. The number of aromatic nitrogens is 3. The third kappa shape index (κ3) is 3.48. The van der Waals surface area contributed by atoms with Crippen LogP contribution in [0.15, 0.2) is 24.5 Å². The van der Waals surface area contributed by atoms with Gasteiger partial charge in [-0.2, -0.15) is 5.10 Å². The van der Waals surface area contributed by atoms with Gasteiger partial charge in [0.1, 0.15) is 6.10 Å². The summed E-state index contributed by atoms with van der Waals surface area (Å²) in [5.74, 6) is 0.0542. The molecule has 0 aromatic carbocycles. The van der Waals surface area contributed by atoms with Crippen LogP contribution < -0.4 is 5.32 Å². The molecule has 2 aromatic rings. The van der Waals surface area contributed by atoms with Crippen molar-refractivity contribution in [3.63, 3.8) is 0 Å². The van der Waals surface area contributed by atoms with Crippen molar-refractivity contribution in [3.05, 3.63) is 47.0 Å². The first-order chi connectivity index (χ1) is 11.6. The molecule has 2 aromatic heterocycles. The summed E-state index contributed by atoms with van der Waals surface area (Å²) in [5, 5.41) is 7.60. The van der Waals surface area contributed by atoms with Crippen LogP contribution in [0, 0.1) is 13.8 Å². The number of carbonyl (C=O) groups is 1. The first-order valence-corrected chi connectivity index (χ1v) is 8.36. The topological polar surface area (TPSA) is 69.0 Å². The van der Waals surface area contributed by atoms with Crippen LogP contribution in [-0.2, 0) is 23.0 Å². The summed E-state index contributed by atoms with van der Waals surface area (Å²) < 4.78 is 7.78. The van der Waals surface area contributed by atoms with Gasteiger partial charge < -0.3 is 10.1 Å². The largest absolute Gasteiger partial charge is 0.371 e. The average Bonchev–Trinajstić information content (AvgIpc) is 3.11. The normalized spacial score (nSPS) is 20.3. The molecule has 128 valence electrons. The monoisotopic (exact) mass is 328 g/mol. The summed E-state index contributed by atoms with van der Waals surface area (Å²) in [5.41, 5.74) is 4.24. The number of aryl methyl sites for hydroxylation is 3. The van der Waals surface area contributed by atoms with Crippen molar-refractivity contribution < 1.29 is 9.53 Å². The molecule has 1 aliphatic rings. The molecule has 2 atom stereocenters. The van der Waals surface area contributed by atoms with Crippen LogP contribution in [0.5, 0.6) is 0 Å². The van der Waals surface area contributed by atoms with E-state index in [4.69, 9.17) is 4.74 Å². The van der Waals surface area contributed by atoms with E-state index in [0.717, 1.165) is 28.9 Å². The molecule has 1 fully saturated rings. The third-order valence-electron chi connectivity index (χ3n) is 4.65. The van der Waals surface area contributed by atoms with Crippen molar-refractivity contribution >= 4 is 5.91 Å². The molecule has 1 saturated heterocycles. The molecular weight excluding hydrogens is 304 g/mol. The number of nitrogens with one attached hydrogen (secondary N) is 1. The SMILES string of the molecule is Cc1nn(C)c(C)c1[C@H]1OCC[C@@H]1NC(=O)CCc1cccnc1. The smallest absolute Gasteiger partial charge is 0.220 e. The Balaban J connectivity index is 1.62. The zero-order valence-electron chi connectivity index (χ0n) is 14.5. The number of amides is 1. The fraction of sp³-hybridized carbons (Fsp3) is 0.500. The molecule has 1 aliphatic heterocycles. The minimum atomic E-state index is -0.110. The molecule has 3 rings (SSSR count). The van der Waals surface area contributed by atoms with E-state index >= 15 is 0 Å². The van der Waals surface area contributed by atoms with Crippen LogP contribution in [-0.4, -0.2) is 33.3 Å². The maximum Gasteiger partial charge on any atom is 0.220 e. The second-order valence-corrected chi connectivity index (χ2v) is 6.32. The van der Waals surface area contributed by atoms with Crippen LogP contribution in [0.25, 0.3) is 0 Å². The lowest BCUT2D eigenvalue weighted by Crippen LogP contribution is -2.37. The fourth-order valence-corrected chi connectivity index (χ4v) is 3.31. The maximum absolute atomic E-state index is 12.3. The minimum absolute atomic E-state index is 0.00741. The van der Waals surface area contributed by atoms with Crippen LogP contribution in [0.4, 0.5) is 0 Å². The predicted octanol–water partition coefficient (Wildman–Crippen LogP) is 2.01. The summed E-state index contributed by atoms with van der Waals surface area (Å²) in [6.45, 7) is 4.69. The van der Waals surface area contributed by atoms with Gasteiger partial charge in [0.05, 0.1) is 11.7 Å². The molecular formula is C18H24N4O2. The lowest BCUT2D eigenvalue weighted by atomic mass is 10.00. The highest BCUT2D eigenvalue weighted by Crippen LogP contribution is 2.33. The zero-order valence-corrected chi connectivity index (χ0v) is 14.5. The first kappa shape index (κ1) is 16.6. The molecule has 1 N–H and O–H groups in total. The highest BCUT2D eigenvalue weighted by molar-refractivity contribution is 5.76. The molecule has 0 spiro atoms. The van der Waals surface area contributed by atoms with Crippen molar-refractivity contribution in [2.24, 2.45) is 7.05 Å². The number of ether oxygens (including phenoxy) is 1. The van der Waals surface area contributed by atoms with Gasteiger partial charge in [-0.1, -0.05) is 6.07 Å². The van der Waals surface area contributed by atoms with E-state index in [2.05, 4.69) is 15.4 Å². The molecule has 0 aliphatic carbocycles. The molecule has 0 saturated carbocycles. The quantitative estimate of drug-likeness (QED) is 0.911. The van der Waals surface area contributed by atoms with Gasteiger partial charge >= 0.3 is 0 Å². The van der Waals surface area contributed by atoms with Crippen molar-refractivity contribution in [1.29, 1.82) is 0 Å². The third-order valence-corrected chi connectivity index (χ3v) is 4.65. The van der Waals surface area contributed by atoms with Crippen LogP contribution >= 0.6 is 0 Å². The minimum Gasteiger partial charge on any atom is -0.371 e. The highest BCUT2D eigenvalue weighted by atomic mass is 16.5. The van der Waals surface area contributed by atoms with Crippen molar-refractivity contribution in [3.8, 4) is 0 Å². The van der Waals surface area contributed by atoms with E-state index in [1.807, 2.05) is 37.7 Å². The number of rotatable bonds is 5. The van der Waals surface area contributed by atoms with Gasteiger partial charge in [0.25, 0.3) is 0 Å². The Hall–Kier alpha value is -2.21. The van der Waals surface area contributed by atoms with Gasteiger partial charge in [0.15, 0.2) is 0 Å². The summed E-state index contributed by atoms with van der Waals surface area (Å²) in [7, 11) is 1.93. The molecule has 6 nitrogen and oxygen atoms in total. The number of hydrogen-bond acceptors (Lipinski definition) is 4. The number of pyridine rings is 1. The van der Waals surface area contributed by atoms with Crippen molar-refractivity contribution in [2.75, 3.05) is 6.61 Å². The molecule has 24 heavy (non-hydrogen) atoms. The number of carbonyl (C=O) groups excluding carboxylic acids is 1. The van der Waals surface area contributed by atoms with E-state index in [-0.39, 0.29) is 18.1 Å². The summed E-state index contributed by atoms with van der Waals surface area (Å²) in [6.07, 6.45) is 5.42. The fourth-order valence-electron chi connectivity index (χ4n) is 3.31. The lowest BCUT2D eigenvalue weighted by Gasteiger charge is -2.20. The Morgan fingerprint density at radius 1 is 1.46 bits per heavy atom. The second kappa shape index (κ2) is 7.13. The predicted molar refractivity (Wildman–Crippen MR) is 90.5 cm³/mol. The maximum atomic E-state index is 12.3. The number of nitrogens with zero attached hydrogens (tertiary/aromatic N) is 3. The van der Waals surface area contributed by atoms with E-state index in [1.54, 1.807) is 12.4 Å². The Kier molecular flexibility index (Phi) is 4.94. The summed E-state index contributed by atoms with van der Waals surface area (Å²) in [6, 6.07) is 3.89.